The average Bonchev–Trinajstić information content (AvgIpc) is 3.48. The molecule has 1 N–H and O–H groups in total. The monoisotopic (exact) mass is 479 g/mol. The van der Waals surface area contributed by atoms with Crippen LogP contribution in [0.2, 0.25) is 0 Å². The first-order valence-corrected chi connectivity index (χ1v) is 11.8. The van der Waals surface area contributed by atoms with Gasteiger partial charge in [0.05, 0.1) is 22.4 Å². The van der Waals surface area contributed by atoms with E-state index in [9.17, 15) is 9.59 Å². The topological polar surface area (TPSA) is 80.1 Å². The Hall–Kier alpha value is -4.56. The number of thiazole rings is 1. The Kier molecular flexibility index (Phi) is 6.19. The maximum atomic E-state index is 12.8. The van der Waals surface area contributed by atoms with Gasteiger partial charge in [-0.15, -0.1) is 11.3 Å². The number of rotatable bonds is 6. The summed E-state index contributed by atoms with van der Waals surface area (Å²) in [6, 6.07) is 26.8. The molecular formula is C27H21N5O2S. The number of carbonyl (C=O) groups is 2. The van der Waals surface area contributed by atoms with Crippen molar-refractivity contribution >= 4 is 57.0 Å². The number of carbonyl (C=O) groups excluding carboxylic acids is 2. The molecule has 2 aromatic heterocycles. The molecule has 2 amide bonds. The van der Waals surface area contributed by atoms with Crippen molar-refractivity contribution in [2.75, 3.05) is 10.2 Å². The van der Waals surface area contributed by atoms with Crippen LogP contribution < -0.4 is 10.2 Å². The van der Waals surface area contributed by atoms with E-state index in [1.807, 2.05) is 89.5 Å². The van der Waals surface area contributed by atoms with Crippen LogP contribution in [-0.2, 0) is 9.59 Å². The molecule has 0 bridgehead atoms. The highest BCUT2D eigenvalue weighted by Crippen LogP contribution is 2.29. The molecule has 3 aromatic carbocycles. The molecule has 7 nitrogen and oxygen atoms in total. The molecule has 0 aliphatic rings. The third kappa shape index (κ3) is 4.73. The summed E-state index contributed by atoms with van der Waals surface area (Å²) >= 11 is 1.33. The van der Waals surface area contributed by atoms with Gasteiger partial charge in [-0.05, 0) is 42.5 Å². The van der Waals surface area contributed by atoms with E-state index in [1.54, 1.807) is 16.4 Å². The summed E-state index contributed by atoms with van der Waals surface area (Å²) < 4.78 is 1.91. The summed E-state index contributed by atoms with van der Waals surface area (Å²) in [4.78, 5) is 35.7. The Morgan fingerprint density at radius 1 is 0.914 bits per heavy atom. The predicted molar refractivity (Wildman–Crippen MR) is 140 cm³/mol. The minimum absolute atomic E-state index is 0.140. The van der Waals surface area contributed by atoms with Gasteiger partial charge in [0.15, 0.2) is 5.13 Å². The van der Waals surface area contributed by atoms with Crippen LogP contribution in [-0.4, -0.2) is 26.3 Å². The summed E-state index contributed by atoms with van der Waals surface area (Å²) in [6.45, 7) is 1.50. The van der Waals surface area contributed by atoms with Crippen LogP contribution in [0.25, 0.3) is 22.8 Å². The molecular weight excluding hydrogens is 458 g/mol. The highest BCUT2D eigenvalue weighted by Gasteiger charge is 2.17. The van der Waals surface area contributed by atoms with Gasteiger partial charge in [-0.3, -0.25) is 24.4 Å². The number of nitrogens with one attached hydrogen (secondary N) is 1. The molecule has 0 unspecified atom stereocenters. The number of imidazole rings is 1. The molecule has 8 heteroatoms. The first kappa shape index (κ1) is 22.2. The van der Waals surface area contributed by atoms with Gasteiger partial charge >= 0.3 is 0 Å². The summed E-state index contributed by atoms with van der Waals surface area (Å²) in [5.41, 5.74) is 3.90. The number of nitrogens with zero attached hydrogens (tertiary/aromatic N) is 4. The second-order valence-electron chi connectivity index (χ2n) is 7.66. The van der Waals surface area contributed by atoms with Crippen molar-refractivity contribution in [2.24, 2.45) is 0 Å². The fraction of sp³-hybridized carbons (Fsp3) is 0.0370. The highest BCUT2D eigenvalue weighted by molar-refractivity contribution is 7.14. The van der Waals surface area contributed by atoms with Gasteiger partial charge in [0.2, 0.25) is 11.9 Å². The lowest BCUT2D eigenvalue weighted by Crippen LogP contribution is -2.22. The molecule has 0 aliphatic heterocycles. The third-order valence-corrected chi connectivity index (χ3v) is 6.09. The van der Waals surface area contributed by atoms with Crippen LogP contribution in [0.15, 0.2) is 96.4 Å². The standard InChI is InChI=1S/C27H21N5O2S/c1-19(33)31(21-10-4-2-5-11-21)27-28-20(18-35-27)16-17-25(34)30-26-29-23-14-8-9-15-24(23)32(26)22-12-6-3-7-13-22/h2-18H,1H3,(H,29,30,34). The Bertz CT molecular complexity index is 1520. The number of hydrogen-bond donors (Lipinski definition) is 1. The number of aromatic nitrogens is 3. The Balaban J connectivity index is 1.38. The van der Waals surface area contributed by atoms with Gasteiger partial charge in [-0.1, -0.05) is 48.5 Å². The first-order chi connectivity index (χ1) is 17.1. The van der Waals surface area contributed by atoms with Crippen molar-refractivity contribution < 1.29 is 9.59 Å². The lowest BCUT2D eigenvalue weighted by atomic mass is 10.3. The Morgan fingerprint density at radius 3 is 2.34 bits per heavy atom. The molecule has 35 heavy (non-hydrogen) atoms. The SMILES string of the molecule is CC(=O)N(c1ccccc1)c1nc(C=CC(=O)Nc2nc3ccccc3n2-c2ccccc2)cs1. The van der Waals surface area contributed by atoms with E-state index in [0.29, 0.717) is 16.8 Å². The first-order valence-electron chi connectivity index (χ1n) is 10.9. The second-order valence-corrected chi connectivity index (χ2v) is 8.50. The second kappa shape index (κ2) is 9.74. The van der Waals surface area contributed by atoms with Gasteiger partial charge in [0.1, 0.15) is 0 Å². The minimum atomic E-state index is -0.335. The average molecular weight is 480 g/mol. The van der Waals surface area contributed by atoms with Crippen molar-refractivity contribution in [2.45, 2.75) is 6.92 Å². The lowest BCUT2D eigenvalue weighted by Gasteiger charge is -2.17. The number of anilines is 3. The van der Waals surface area contributed by atoms with Gasteiger partial charge in [0, 0.05) is 24.1 Å². The van der Waals surface area contributed by atoms with E-state index in [0.717, 1.165) is 22.4 Å². The quantitative estimate of drug-likeness (QED) is 0.311. The van der Waals surface area contributed by atoms with Crippen LogP contribution >= 0.6 is 11.3 Å². The van der Waals surface area contributed by atoms with Crippen LogP contribution in [0.1, 0.15) is 12.6 Å². The zero-order valence-electron chi connectivity index (χ0n) is 18.8. The molecule has 5 rings (SSSR count). The van der Waals surface area contributed by atoms with Crippen LogP contribution in [0.3, 0.4) is 0 Å². The molecule has 5 aromatic rings. The van der Waals surface area contributed by atoms with Crippen molar-refractivity contribution in [3.8, 4) is 5.69 Å². The molecule has 0 saturated heterocycles. The van der Waals surface area contributed by atoms with E-state index in [2.05, 4.69) is 15.3 Å². The Labute approximate surface area is 206 Å². The van der Waals surface area contributed by atoms with Gasteiger partial charge < -0.3 is 0 Å². The molecule has 172 valence electrons. The molecule has 0 spiro atoms. The molecule has 0 radical (unpaired) electrons. The molecule has 0 atom stereocenters. The van der Waals surface area contributed by atoms with Crippen molar-refractivity contribution in [3.05, 3.63) is 102 Å². The number of amides is 2. The van der Waals surface area contributed by atoms with Crippen molar-refractivity contribution in [3.63, 3.8) is 0 Å². The predicted octanol–water partition coefficient (Wildman–Crippen LogP) is 5.82. The number of para-hydroxylation sites is 4. The van der Waals surface area contributed by atoms with E-state index < -0.39 is 0 Å². The van der Waals surface area contributed by atoms with Crippen molar-refractivity contribution in [1.29, 1.82) is 0 Å². The van der Waals surface area contributed by atoms with E-state index in [1.165, 1.54) is 24.3 Å². The van der Waals surface area contributed by atoms with E-state index in [-0.39, 0.29) is 11.8 Å². The third-order valence-electron chi connectivity index (χ3n) is 5.25. The lowest BCUT2D eigenvalue weighted by molar-refractivity contribution is -0.116. The van der Waals surface area contributed by atoms with Gasteiger partial charge in [-0.25, -0.2) is 9.97 Å². The summed E-state index contributed by atoms with van der Waals surface area (Å²) in [7, 11) is 0. The minimum Gasteiger partial charge on any atom is -0.292 e. The fourth-order valence-corrected chi connectivity index (χ4v) is 4.58. The van der Waals surface area contributed by atoms with Gasteiger partial charge in [-0.2, -0.15) is 0 Å². The maximum absolute atomic E-state index is 12.8. The maximum Gasteiger partial charge on any atom is 0.250 e. The Morgan fingerprint density at radius 2 is 1.60 bits per heavy atom. The van der Waals surface area contributed by atoms with E-state index in [4.69, 9.17) is 0 Å². The zero-order chi connectivity index (χ0) is 24.2. The van der Waals surface area contributed by atoms with Crippen LogP contribution in [0, 0.1) is 0 Å². The van der Waals surface area contributed by atoms with Crippen molar-refractivity contribution in [1.82, 2.24) is 14.5 Å². The molecule has 0 fully saturated rings. The molecule has 2 heterocycles. The number of benzene rings is 3. The van der Waals surface area contributed by atoms with Gasteiger partial charge in [0.25, 0.3) is 5.91 Å². The number of fused-ring (bicyclic) bond motifs is 1. The summed E-state index contributed by atoms with van der Waals surface area (Å²) in [6.07, 6.45) is 3.03. The summed E-state index contributed by atoms with van der Waals surface area (Å²) in [5, 5.41) is 5.22. The summed E-state index contributed by atoms with van der Waals surface area (Å²) in [5.74, 6) is -0.0463. The highest BCUT2D eigenvalue weighted by atomic mass is 32.1. The van der Waals surface area contributed by atoms with Crippen LogP contribution in [0.4, 0.5) is 16.8 Å². The van der Waals surface area contributed by atoms with Crippen LogP contribution in [0.5, 0.6) is 0 Å². The normalized spacial score (nSPS) is 11.1. The zero-order valence-corrected chi connectivity index (χ0v) is 19.6. The fourth-order valence-electron chi connectivity index (χ4n) is 3.72. The largest absolute Gasteiger partial charge is 0.292 e. The smallest absolute Gasteiger partial charge is 0.250 e. The van der Waals surface area contributed by atoms with E-state index >= 15 is 0 Å². The molecule has 0 aliphatic carbocycles. The number of hydrogen-bond acceptors (Lipinski definition) is 5. The molecule has 0 saturated carbocycles.